The van der Waals surface area contributed by atoms with E-state index >= 15 is 0 Å². The normalized spacial score (nSPS) is 20.8. The van der Waals surface area contributed by atoms with Gasteiger partial charge in [-0.2, -0.15) is 15.1 Å². The number of nitrogens with one attached hydrogen (secondary N) is 1. The van der Waals surface area contributed by atoms with Gasteiger partial charge in [0, 0.05) is 32.1 Å². The summed E-state index contributed by atoms with van der Waals surface area (Å²) in [4.78, 5) is 13.4. The van der Waals surface area contributed by atoms with Crippen LogP contribution in [-0.4, -0.2) is 56.4 Å². The molecule has 3 heterocycles. The summed E-state index contributed by atoms with van der Waals surface area (Å²) in [6.45, 7) is 4.56. The Hall–Kier alpha value is -1.96. The molecule has 0 radical (unpaired) electrons. The van der Waals surface area contributed by atoms with Crippen LogP contribution in [0.25, 0.3) is 0 Å². The SMILES string of the molecule is c1n[nH]c(N2CCN(Cc3noc(C4CCCC4)n3)CC2)n1. The molecule has 0 atom stereocenters. The van der Waals surface area contributed by atoms with Gasteiger partial charge in [0.25, 0.3) is 0 Å². The summed E-state index contributed by atoms with van der Waals surface area (Å²) in [5.41, 5.74) is 0. The molecule has 1 N–H and O–H groups in total. The maximum atomic E-state index is 5.45. The fourth-order valence-corrected chi connectivity index (χ4v) is 3.34. The fraction of sp³-hybridized carbons (Fsp3) is 0.714. The van der Waals surface area contributed by atoms with Gasteiger partial charge in [-0.05, 0) is 12.8 Å². The molecule has 0 unspecified atom stereocenters. The lowest BCUT2D eigenvalue weighted by molar-refractivity contribution is 0.238. The molecule has 0 aromatic carbocycles. The average Bonchev–Trinajstić information content (AvgIpc) is 3.30. The van der Waals surface area contributed by atoms with Crippen molar-refractivity contribution in [2.75, 3.05) is 31.1 Å². The third-order valence-corrected chi connectivity index (χ3v) is 4.63. The van der Waals surface area contributed by atoms with Crippen LogP contribution >= 0.6 is 0 Å². The average molecular weight is 303 g/mol. The highest BCUT2D eigenvalue weighted by molar-refractivity contribution is 5.27. The molecule has 2 aliphatic rings. The van der Waals surface area contributed by atoms with Crippen molar-refractivity contribution in [2.45, 2.75) is 38.1 Å². The predicted octanol–water partition coefficient (Wildman–Crippen LogP) is 1.17. The van der Waals surface area contributed by atoms with Crippen molar-refractivity contribution < 1.29 is 4.52 Å². The lowest BCUT2D eigenvalue weighted by Crippen LogP contribution is -2.46. The van der Waals surface area contributed by atoms with Gasteiger partial charge < -0.3 is 9.42 Å². The van der Waals surface area contributed by atoms with Crippen LogP contribution in [0.3, 0.4) is 0 Å². The van der Waals surface area contributed by atoms with Crippen molar-refractivity contribution in [1.29, 1.82) is 0 Å². The van der Waals surface area contributed by atoms with E-state index in [1.54, 1.807) is 6.33 Å². The lowest BCUT2D eigenvalue weighted by Gasteiger charge is -2.33. The highest BCUT2D eigenvalue weighted by atomic mass is 16.5. The van der Waals surface area contributed by atoms with E-state index < -0.39 is 0 Å². The van der Waals surface area contributed by atoms with Crippen LogP contribution in [0.1, 0.15) is 43.3 Å². The Morgan fingerprint density at radius 3 is 2.73 bits per heavy atom. The number of nitrogens with zero attached hydrogens (tertiary/aromatic N) is 6. The number of aromatic nitrogens is 5. The number of hydrogen-bond donors (Lipinski definition) is 1. The second kappa shape index (κ2) is 6.04. The molecule has 0 spiro atoms. The van der Waals surface area contributed by atoms with Gasteiger partial charge in [-0.25, -0.2) is 5.10 Å². The molecule has 4 rings (SSSR count). The summed E-state index contributed by atoms with van der Waals surface area (Å²) in [6.07, 6.45) is 6.50. The van der Waals surface area contributed by atoms with E-state index in [2.05, 4.69) is 35.1 Å². The van der Waals surface area contributed by atoms with Crippen molar-refractivity contribution >= 4 is 5.95 Å². The summed E-state index contributed by atoms with van der Waals surface area (Å²) >= 11 is 0. The Morgan fingerprint density at radius 1 is 1.18 bits per heavy atom. The zero-order chi connectivity index (χ0) is 14.8. The van der Waals surface area contributed by atoms with Crippen molar-refractivity contribution in [1.82, 2.24) is 30.2 Å². The van der Waals surface area contributed by atoms with Crippen molar-refractivity contribution in [3.05, 3.63) is 18.0 Å². The topological polar surface area (TPSA) is 87.0 Å². The number of piperazine rings is 1. The first kappa shape index (κ1) is 13.7. The molecule has 1 saturated carbocycles. The standard InChI is InChI=1S/C14H21N7O/c1-2-4-11(3-1)13-17-12(19-22-13)9-20-5-7-21(8-6-20)14-15-10-16-18-14/h10-11H,1-9H2,(H,15,16,18). The molecule has 2 fully saturated rings. The minimum Gasteiger partial charge on any atom is -0.339 e. The Bertz CT molecular complexity index is 582. The highest BCUT2D eigenvalue weighted by Crippen LogP contribution is 2.32. The zero-order valence-corrected chi connectivity index (χ0v) is 12.6. The summed E-state index contributed by atoms with van der Waals surface area (Å²) in [5, 5.41) is 11.0. The molecular formula is C14H21N7O. The highest BCUT2D eigenvalue weighted by Gasteiger charge is 2.24. The minimum atomic E-state index is 0.490. The third kappa shape index (κ3) is 2.83. The summed E-state index contributed by atoms with van der Waals surface area (Å²) in [7, 11) is 0. The van der Waals surface area contributed by atoms with Gasteiger partial charge in [0.15, 0.2) is 5.82 Å². The van der Waals surface area contributed by atoms with Crippen LogP contribution in [0, 0.1) is 0 Å². The maximum absolute atomic E-state index is 5.45. The second-order valence-electron chi connectivity index (χ2n) is 6.10. The van der Waals surface area contributed by atoms with E-state index in [1.165, 1.54) is 25.7 Å². The molecule has 22 heavy (non-hydrogen) atoms. The predicted molar refractivity (Wildman–Crippen MR) is 79.4 cm³/mol. The fourth-order valence-electron chi connectivity index (χ4n) is 3.34. The molecule has 1 aliphatic heterocycles. The minimum absolute atomic E-state index is 0.490. The monoisotopic (exact) mass is 303 g/mol. The molecule has 0 amide bonds. The van der Waals surface area contributed by atoms with Gasteiger partial charge in [-0.15, -0.1) is 0 Å². The molecule has 1 saturated heterocycles. The second-order valence-corrected chi connectivity index (χ2v) is 6.10. The lowest BCUT2D eigenvalue weighted by atomic mass is 10.1. The largest absolute Gasteiger partial charge is 0.339 e. The number of hydrogen-bond acceptors (Lipinski definition) is 7. The Morgan fingerprint density at radius 2 is 2.00 bits per heavy atom. The van der Waals surface area contributed by atoms with Crippen LogP contribution in [-0.2, 0) is 6.54 Å². The quantitative estimate of drug-likeness (QED) is 0.907. The van der Waals surface area contributed by atoms with Gasteiger partial charge in [0.05, 0.1) is 6.54 Å². The number of anilines is 1. The summed E-state index contributed by atoms with van der Waals surface area (Å²) in [5.74, 6) is 3.00. The molecular weight excluding hydrogens is 282 g/mol. The number of H-pyrrole nitrogens is 1. The van der Waals surface area contributed by atoms with Gasteiger partial charge in [0.2, 0.25) is 11.8 Å². The van der Waals surface area contributed by atoms with Crippen LogP contribution in [0.2, 0.25) is 0 Å². The van der Waals surface area contributed by atoms with E-state index in [9.17, 15) is 0 Å². The molecule has 2 aromatic rings. The van der Waals surface area contributed by atoms with Crippen molar-refractivity contribution in [2.24, 2.45) is 0 Å². The number of aromatic amines is 1. The maximum Gasteiger partial charge on any atom is 0.229 e. The van der Waals surface area contributed by atoms with Gasteiger partial charge in [-0.3, -0.25) is 4.90 Å². The van der Waals surface area contributed by atoms with Crippen LogP contribution in [0.5, 0.6) is 0 Å². The van der Waals surface area contributed by atoms with Crippen molar-refractivity contribution in [3.8, 4) is 0 Å². The van der Waals surface area contributed by atoms with E-state index in [4.69, 9.17) is 4.52 Å². The van der Waals surface area contributed by atoms with E-state index in [0.29, 0.717) is 5.92 Å². The first-order valence-electron chi connectivity index (χ1n) is 8.03. The molecule has 8 heteroatoms. The molecule has 1 aliphatic carbocycles. The molecule has 0 bridgehead atoms. The third-order valence-electron chi connectivity index (χ3n) is 4.63. The molecule has 8 nitrogen and oxygen atoms in total. The first-order chi connectivity index (χ1) is 10.9. The van der Waals surface area contributed by atoms with Gasteiger partial charge >= 0.3 is 0 Å². The van der Waals surface area contributed by atoms with Crippen LogP contribution in [0.15, 0.2) is 10.9 Å². The van der Waals surface area contributed by atoms with E-state index in [1.807, 2.05) is 0 Å². The van der Waals surface area contributed by atoms with Crippen LogP contribution in [0.4, 0.5) is 5.95 Å². The van der Waals surface area contributed by atoms with Gasteiger partial charge in [0.1, 0.15) is 6.33 Å². The summed E-state index contributed by atoms with van der Waals surface area (Å²) in [6, 6.07) is 0. The summed E-state index contributed by atoms with van der Waals surface area (Å²) < 4.78 is 5.45. The molecule has 118 valence electrons. The van der Waals surface area contributed by atoms with Gasteiger partial charge in [-0.1, -0.05) is 18.0 Å². The Balaban J connectivity index is 1.31. The van der Waals surface area contributed by atoms with Crippen LogP contribution < -0.4 is 4.90 Å². The van der Waals surface area contributed by atoms with Crippen molar-refractivity contribution in [3.63, 3.8) is 0 Å². The Kier molecular flexibility index (Phi) is 3.75. The Labute approximate surface area is 128 Å². The zero-order valence-electron chi connectivity index (χ0n) is 12.6. The molecule has 2 aromatic heterocycles. The van der Waals surface area contributed by atoms with E-state index in [-0.39, 0.29) is 0 Å². The number of rotatable bonds is 4. The first-order valence-corrected chi connectivity index (χ1v) is 8.03. The smallest absolute Gasteiger partial charge is 0.229 e. The van der Waals surface area contributed by atoms with E-state index in [0.717, 1.165) is 50.4 Å².